The van der Waals surface area contributed by atoms with Crippen molar-refractivity contribution < 1.29 is 33.8 Å². The lowest BCUT2D eigenvalue weighted by molar-refractivity contribution is -0.145. The number of esters is 1. The smallest absolute Gasteiger partial charge is 0.308 e. The number of methoxy groups -OCH3 is 1. The lowest BCUT2D eigenvalue weighted by atomic mass is 9.80. The average molecular weight is 998 g/mol. The number of hydrogen-bond acceptors (Lipinski definition) is 14. The number of thiophene rings is 1. The van der Waals surface area contributed by atoms with Gasteiger partial charge in [0.25, 0.3) is 0 Å². The van der Waals surface area contributed by atoms with Gasteiger partial charge >= 0.3 is 5.97 Å². The maximum Gasteiger partial charge on any atom is 0.308 e. The van der Waals surface area contributed by atoms with Crippen molar-refractivity contribution in [3.8, 4) is 32.4 Å². The van der Waals surface area contributed by atoms with Crippen molar-refractivity contribution in [1.29, 1.82) is 0 Å². The minimum atomic E-state index is -0.934. The summed E-state index contributed by atoms with van der Waals surface area (Å²) in [7, 11) is 1.37. The summed E-state index contributed by atoms with van der Waals surface area (Å²) in [5.41, 5.74) is 9.64. The third-order valence-corrected chi connectivity index (χ3v) is 16.0. The minimum absolute atomic E-state index is 0.00923. The van der Waals surface area contributed by atoms with Gasteiger partial charge in [0.05, 0.1) is 47.5 Å². The molecule has 2 aliphatic heterocycles. The molecule has 370 valence electrons. The molecule has 2 fully saturated rings. The number of aryl methyl sites for hydroxylation is 3. The van der Waals surface area contributed by atoms with Crippen LogP contribution in [0.1, 0.15) is 110 Å². The Morgan fingerprint density at radius 3 is 2.20 bits per heavy atom. The summed E-state index contributed by atoms with van der Waals surface area (Å²) in [6.07, 6.45) is 1.66. The zero-order chi connectivity index (χ0) is 50.5. The molecule has 6 aromatic rings. The van der Waals surface area contributed by atoms with E-state index in [-0.39, 0.29) is 55.2 Å². The molecule has 6 heterocycles. The summed E-state index contributed by atoms with van der Waals surface area (Å²) < 4.78 is 13.2. The van der Waals surface area contributed by atoms with Crippen LogP contribution in [0.25, 0.3) is 26.6 Å². The summed E-state index contributed by atoms with van der Waals surface area (Å²) in [5.74, 6) is -0.0309. The topological polar surface area (TPSA) is 203 Å². The van der Waals surface area contributed by atoms with Gasteiger partial charge in [-0.25, -0.2) is 9.97 Å². The molecular formula is C53H59N9O7S2. The van der Waals surface area contributed by atoms with E-state index in [1.807, 2.05) is 112 Å². The highest BCUT2D eigenvalue weighted by molar-refractivity contribution is 7.15. The third-order valence-electron chi connectivity index (χ3n) is 13.8. The lowest BCUT2D eigenvalue weighted by Gasteiger charge is -2.39. The summed E-state index contributed by atoms with van der Waals surface area (Å²) >= 11 is 3.23. The highest BCUT2D eigenvalue weighted by Crippen LogP contribution is 2.40. The first-order valence-electron chi connectivity index (χ1n) is 23.9. The molecule has 16 nitrogen and oxygen atoms in total. The Balaban J connectivity index is 0.806. The predicted octanol–water partition coefficient (Wildman–Crippen LogP) is 7.73. The molecule has 3 N–H and O–H groups in total. The van der Waals surface area contributed by atoms with Crippen molar-refractivity contribution in [2.24, 2.45) is 16.3 Å². The number of aliphatic hydroxyl groups excluding tert-OH is 1. The van der Waals surface area contributed by atoms with Crippen LogP contribution in [0, 0.1) is 39.0 Å². The molecule has 1 saturated heterocycles. The molecule has 2 aromatic carbocycles. The van der Waals surface area contributed by atoms with Gasteiger partial charge in [0.2, 0.25) is 23.6 Å². The van der Waals surface area contributed by atoms with Crippen molar-refractivity contribution in [2.45, 2.75) is 117 Å². The highest BCUT2D eigenvalue weighted by atomic mass is 32.1. The number of aromatic nitrogens is 5. The fraction of sp³-hybridized carbons (Fsp3) is 0.415. The van der Waals surface area contributed by atoms with E-state index in [1.54, 1.807) is 28.9 Å². The fourth-order valence-corrected chi connectivity index (χ4v) is 11.6. The molecule has 0 spiro atoms. The molecule has 0 bridgehead atoms. The molecule has 0 radical (unpaired) electrons. The van der Waals surface area contributed by atoms with Crippen LogP contribution in [0.5, 0.6) is 5.88 Å². The molecule has 18 heteroatoms. The number of rotatable bonds is 13. The van der Waals surface area contributed by atoms with Crippen molar-refractivity contribution in [1.82, 2.24) is 40.3 Å². The second kappa shape index (κ2) is 19.9. The minimum Gasteiger partial charge on any atom is -0.474 e. The van der Waals surface area contributed by atoms with E-state index in [0.29, 0.717) is 24.5 Å². The summed E-state index contributed by atoms with van der Waals surface area (Å²) in [6.45, 7) is 15.6. The number of hydrogen-bond donors (Lipinski definition) is 3. The predicted molar refractivity (Wildman–Crippen MR) is 272 cm³/mol. The van der Waals surface area contributed by atoms with Gasteiger partial charge < -0.3 is 30.1 Å². The molecule has 4 aromatic heterocycles. The average Bonchev–Trinajstić information content (AvgIpc) is 4.10. The first-order chi connectivity index (χ1) is 33.9. The van der Waals surface area contributed by atoms with E-state index in [0.717, 1.165) is 70.9 Å². The molecule has 9 rings (SSSR count). The number of benzene rings is 2. The van der Waals surface area contributed by atoms with Gasteiger partial charge in [-0.3, -0.25) is 28.7 Å². The second-order valence-electron chi connectivity index (χ2n) is 19.9. The Morgan fingerprint density at radius 2 is 1.55 bits per heavy atom. The molecule has 3 amide bonds. The van der Waals surface area contributed by atoms with E-state index < -0.39 is 35.6 Å². The number of fused-ring (bicyclic) bond motifs is 3. The number of thiazole rings is 1. The Morgan fingerprint density at radius 1 is 0.859 bits per heavy atom. The molecule has 3 unspecified atom stereocenters. The number of β-amino-alcohol motifs (C(OH)–C–C–N with tert-alkyl or cyclic N) is 1. The van der Waals surface area contributed by atoms with Gasteiger partial charge in [-0.2, -0.15) is 0 Å². The fourth-order valence-electron chi connectivity index (χ4n) is 9.53. The van der Waals surface area contributed by atoms with E-state index in [9.17, 15) is 24.3 Å². The quantitative estimate of drug-likeness (QED) is 0.0956. The van der Waals surface area contributed by atoms with Crippen LogP contribution in [-0.2, 0) is 23.9 Å². The molecule has 1 aliphatic carbocycles. The van der Waals surface area contributed by atoms with Crippen molar-refractivity contribution in [3.63, 3.8) is 0 Å². The van der Waals surface area contributed by atoms with E-state index in [4.69, 9.17) is 14.5 Å². The number of ether oxygens (including phenoxy) is 2. The number of pyridine rings is 1. The zero-order valence-corrected chi connectivity index (χ0v) is 43.0. The number of amides is 3. The van der Waals surface area contributed by atoms with Gasteiger partial charge in [-0.15, -0.1) is 32.9 Å². The van der Waals surface area contributed by atoms with E-state index >= 15 is 0 Å². The van der Waals surface area contributed by atoms with Gasteiger partial charge in [-0.05, 0) is 81.2 Å². The molecule has 3 aliphatic rings. The van der Waals surface area contributed by atoms with Crippen molar-refractivity contribution in [2.75, 3.05) is 13.7 Å². The Labute approximate surface area is 421 Å². The molecular weight excluding hydrogens is 939 g/mol. The standard InChI is InChI=1S/C53H59N9O7S2/c1-27-30(4)71-52-44(27)45(57-40(23-43(64)68-9)48-60-59-31(5)62(48)52)34-14-12-33(13-15-34)36-18-19-42(54-24-36)69-39-20-37(21-39)49(65)58-47(53(6,7)8)51(67)61-25-38(63)22-41(61)50(66)56-28(2)32-10-16-35(17-11-32)46-29(3)55-26-70-46/h10-19,24,26,28,37-41,47,63H,20-23,25H2,1-9H3,(H,56,66)(H,58,65)/t28?,37?,38-,39?,40?,41+,47?/m1/s1. The van der Waals surface area contributed by atoms with Gasteiger partial charge in [0.15, 0.2) is 5.82 Å². The number of carbonyl (C=O) groups excluding carboxylic acids is 4. The molecule has 71 heavy (non-hydrogen) atoms. The van der Waals surface area contributed by atoms with Gasteiger partial charge in [0.1, 0.15) is 35.1 Å². The van der Waals surface area contributed by atoms with Crippen molar-refractivity contribution >= 4 is 52.1 Å². The lowest BCUT2D eigenvalue weighted by Crippen LogP contribution is -2.59. The van der Waals surface area contributed by atoms with Gasteiger partial charge in [0, 0.05) is 52.7 Å². The maximum atomic E-state index is 14.3. The maximum absolute atomic E-state index is 14.3. The van der Waals surface area contributed by atoms with Crippen LogP contribution < -0.4 is 15.4 Å². The van der Waals surface area contributed by atoms with E-state index in [2.05, 4.69) is 44.6 Å². The number of nitrogens with one attached hydrogen (secondary N) is 2. The first-order valence-corrected chi connectivity index (χ1v) is 25.6. The Hall–Kier alpha value is -6.63. The highest BCUT2D eigenvalue weighted by Gasteiger charge is 2.46. The number of aliphatic hydroxyl groups is 1. The van der Waals surface area contributed by atoms with Crippen LogP contribution in [0.2, 0.25) is 0 Å². The Bertz CT molecular complexity index is 3000. The number of aliphatic imine (C=N–C) groups is 1. The van der Waals surface area contributed by atoms with Crippen LogP contribution in [-0.4, -0.2) is 102 Å². The van der Waals surface area contributed by atoms with Crippen molar-refractivity contribution in [3.05, 3.63) is 117 Å². The molecule has 1 saturated carbocycles. The largest absolute Gasteiger partial charge is 0.474 e. The normalized spacial score (nSPS) is 20.4. The summed E-state index contributed by atoms with van der Waals surface area (Å²) in [6, 6.07) is 17.1. The monoisotopic (exact) mass is 997 g/mol. The van der Waals surface area contributed by atoms with Gasteiger partial charge in [-0.1, -0.05) is 69.3 Å². The second-order valence-corrected chi connectivity index (χ2v) is 21.9. The van der Waals surface area contributed by atoms with Crippen LogP contribution >= 0.6 is 22.7 Å². The first kappa shape index (κ1) is 49.4. The van der Waals surface area contributed by atoms with E-state index in [1.165, 1.54) is 12.0 Å². The molecule has 5 atom stereocenters. The SMILES string of the molecule is COC(=O)CC1N=C(c2ccc(-c3ccc(OC4CC(C(=O)NC(C(=O)N5C[C@H](O)C[C@H]5C(=O)NC(C)c5ccc(-c6scnc6C)cc5)C(C)(C)C)C4)nc3)cc2)c2c(sc(C)c2C)-n2c(C)nnc21. The van der Waals surface area contributed by atoms with Crippen LogP contribution in [0.3, 0.4) is 0 Å². The third kappa shape index (κ3) is 10.0. The Kier molecular flexibility index (Phi) is 13.8. The van der Waals surface area contributed by atoms with Crippen LogP contribution in [0.15, 0.2) is 77.4 Å². The van der Waals surface area contributed by atoms with Crippen LogP contribution in [0.4, 0.5) is 0 Å². The summed E-state index contributed by atoms with van der Waals surface area (Å²) in [4.78, 5) is 72.1. The number of nitrogens with zero attached hydrogens (tertiary/aromatic N) is 7. The zero-order valence-electron chi connectivity index (χ0n) is 41.3. The summed E-state index contributed by atoms with van der Waals surface area (Å²) in [5, 5.41) is 26.6. The number of carbonyl (C=O) groups is 4. The number of likely N-dealkylation sites (tertiary alicyclic amines) is 1.